The summed E-state index contributed by atoms with van der Waals surface area (Å²) in [6, 6.07) is 8.36. The predicted molar refractivity (Wildman–Crippen MR) is 71.6 cm³/mol. The van der Waals surface area contributed by atoms with Crippen LogP contribution in [0.15, 0.2) is 36.5 Å². The normalized spacial score (nSPS) is 13.9. The van der Waals surface area contributed by atoms with Crippen molar-refractivity contribution in [2.24, 2.45) is 0 Å². The molecule has 1 aliphatic heterocycles. The van der Waals surface area contributed by atoms with Crippen LogP contribution in [0.1, 0.15) is 26.4 Å². The van der Waals surface area contributed by atoms with Crippen LogP contribution in [-0.2, 0) is 0 Å². The Hall–Kier alpha value is -2.20. The first-order valence-electron chi connectivity index (χ1n) is 5.70. The van der Waals surface area contributed by atoms with Crippen molar-refractivity contribution >= 4 is 29.1 Å². The predicted octanol–water partition coefficient (Wildman–Crippen LogP) is 2.84. The topological polar surface area (TPSA) is 50.3 Å². The molecule has 2 heterocycles. The van der Waals surface area contributed by atoms with Gasteiger partial charge in [0.2, 0.25) is 0 Å². The van der Waals surface area contributed by atoms with Gasteiger partial charge in [-0.15, -0.1) is 0 Å². The van der Waals surface area contributed by atoms with E-state index in [0.717, 1.165) is 4.90 Å². The van der Waals surface area contributed by atoms with Crippen LogP contribution in [0.5, 0.6) is 0 Å². The molecule has 2 aromatic rings. The molecule has 2 amide bonds. The molecule has 1 aliphatic rings. The second-order valence-electron chi connectivity index (χ2n) is 4.23. The van der Waals surface area contributed by atoms with Crippen molar-refractivity contribution < 1.29 is 9.59 Å². The van der Waals surface area contributed by atoms with Gasteiger partial charge >= 0.3 is 0 Å². The van der Waals surface area contributed by atoms with Crippen LogP contribution in [0.3, 0.4) is 0 Å². The maximum Gasteiger partial charge on any atom is 0.284 e. The highest BCUT2D eigenvalue weighted by Crippen LogP contribution is 2.32. The minimum absolute atomic E-state index is 0.187. The Kier molecular flexibility index (Phi) is 2.61. The molecule has 0 spiro atoms. The van der Waals surface area contributed by atoms with Gasteiger partial charge in [-0.05, 0) is 36.8 Å². The number of carbonyl (C=O) groups is 2. The van der Waals surface area contributed by atoms with E-state index < -0.39 is 5.91 Å². The molecule has 4 nitrogen and oxygen atoms in total. The fraction of sp³-hybridized carbons (Fsp3) is 0.0714. The molecule has 5 heteroatoms. The quantitative estimate of drug-likeness (QED) is 0.750. The summed E-state index contributed by atoms with van der Waals surface area (Å²) >= 11 is 6.03. The largest absolute Gasteiger partial charge is 0.284 e. The van der Waals surface area contributed by atoms with Crippen LogP contribution < -0.4 is 4.90 Å². The fourth-order valence-corrected chi connectivity index (χ4v) is 2.29. The molecule has 0 saturated carbocycles. The number of hydrogen-bond acceptors (Lipinski definition) is 3. The number of anilines is 1. The summed E-state index contributed by atoms with van der Waals surface area (Å²) in [7, 11) is 0. The summed E-state index contributed by atoms with van der Waals surface area (Å²) in [5.41, 5.74) is 1.71. The summed E-state index contributed by atoms with van der Waals surface area (Å²) in [6.07, 6.45) is 1.50. The van der Waals surface area contributed by atoms with E-state index in [4.69, 9.17) is 11.6 Å². The van der Waals surface area contributed by atoms with Crippen molar-refractivity contribution in [1.29, 1.82) is 0 Å². The molecule has 0 unspecified atom stereocenters. The van der Waals surface area contributed by atoms with E-state index >= 15 is 0 Å². The second kappa shape index (κ2) is 4.17. The van der Waals surface area contributed by atoms with E-state index in [1.165, 1.54) is 6.20 Å². The van der Waals surface area contributed by atoms with E-state index in [1.54, 1.807) is 37.3 Å². The Labute approximate surface area is 114 Å². The third-order valence-corrected chi connectivity index (χ3v) is 3.54. The number of imide groups is 1. The number of benzene rings is 1. The second-order valence-corrected chi connectivity index (χ2v) is 4.64. The molecule has 0 N–H and O–H groups in total. The number of amides is 2. The zero-order valence-electron chi connectivity index (χ0n) is 10.1. The average Bonchev–Trinajstić information content (AvgIpc) is 2.67. The lowest BCUT2D eigenvalue weighted by Crippen LogP contribution is -2.30. The molecule has 19 heavy (non-hydrogen) atoms. The highest BCUT2D eigenvalue weighted by molar-refractivity contribution is 6.35. The number of fused-ring (bicyclic) bond motifs is 1. The first kappa shape index (κ1) is 11.9. The zero-order valence-corrected chi connectivity index (χ0v) is 10.8. The van der Waals surface area contributed by atoms with Gasteiger partial charge in [-0.3, -0.25) is 14.6 Å². The minimum atomic E-state index is -0.411. The standard InChI is InChI=1S/C14H9ClN2O2/c1-8-10(15)5-2-6-11(8)17-13(18)9-4-3-7-16-12(9)14(17)19/h2-7H,1H3. The van der Waals surface area contributed by atoms with Gasteiger partial charge in [-0.1, -0.05) is 17.7 Å². The summed E-state index contributed by atoms with van der Waals surface area (Å²) in [5, 5.41) is 0.516. The molecule has 1 aromatic carbocycles. The van der Waals surface area contributed by atoms with Gasteiger partial charge in [-0.2, -0.15) is 0 Å². The highest BCUT2D eigenvalue weighted by Gasteiger charge is 2.38. The molecular weight excluding hydrogens is 264 g/mol. The lowest BCUT2D eigenvalue weighted by molar-refractivity contribution is 0.0924. The Bertz CT molecular complexity index is 677. The maximum absolute atomic E-state index is 12.3. The van der Waals surface area contributed by atoms with Crippen LogP contribution >= 0.6 is 11.6 Å². The van der Waals surface area contributed by atoms with Crippen LogP contribution in [0, 0.1) is 6.92 Å². The number of hydrogen-bond donors (Lipinski definition) is 0. The van der Waals surface area contributed by atoms with E-state index in [1.807, 2.05) is 0 Å². The third kappa shape index (κ3) is 1.64. The van der Waals surface area contributed by atoms with E-state index in [2.05, 4.69) is 4.98 Å². The molecule has 94 valence electrons. The van der Waals surface area contributed by atoms with E-state index in [0.29, 0.717) is 21.8 Å². The number of halogens is 1. The molecule has 0 radical (unpaired) electrons. The van der Waals surface area contributed by atoms with Crippen molar-refractivity contribution in [3.05, 3.63) is 58.4 Å². The molecule has 0 bridgehead atoms. The summed E-state index contributed by atoms with van der Waals surface area (Å²) < 4.78 is 0. The molecule has 3 rings (SSSR count). The molecule has 0 fully saturated rings. The summed E-state index contributed by atoms with van der Waals surface area (Å²) in [6.45, 7) is 1.77. The number of rotatable bonds is 1. The van der Waals surface area contributed by atoms with Crippen molar-refractivity contribution in [3.63, 3.8) is 0 Å². The first-order valence-corrected chi connectivity index (χ1v) is 6.08. The van der Waals surface area contributed by atoms with Gasteiger partial charge in [0.15, 0.2) is 0 Å². The lowest BCUT2D eigenvalue weighted by atomic mass is 10.2. The van der Waals surface area contributed by atoms with Crippen molar-refractivity contribution in [3.8, 4) is 0 Å². The van der Waals surface area contributed by atoms with Crippen LogP contribution in [0.4, 0.5) is 5.69 Å². The van der Waals surface area contributed by atoms with Gasteiger partial charge in [0, 0.05) is 11.2 Å². The first-order chi connectivity index (χ1) is 9.11. The monoisotopic (exact) mass is 272 g/mol. The van der Waals surface area contributed by atoms with Crippen LogP contribution in [-0.4, -0.2) is 16.8 Å². The van der Waals surface area contributed by atoms with E-state index in [-0.39, 0.29) is 11.6 Å². The number of pyridine rings is 1. The zero-order chi connectivity index (χ0) is 13.6. The number of nitrogens with zero attached hydrogens (tertiary/aromatic N) is 2. The average molecular weight is 273 g/mol. The van der Waals surface area contributed by atoms with Crippen LogP contribution in [0.2, 0.25) is 5.02 Å². The van der Waals surface area contributed by atoms with Gasteiger partial charge in [0.05, 0.1) is 11.3 Å². The molecule has 0 saturated heterocycles. The SMILES string of the molecule is Cc1c(Cl)cccc1N1C(=O)c2cccnc2C1=O. The van der Waals surface area contributed by atoms with Gasteiger partial charge in [0.25, 0.3) is 11.8 Å². The Balaban J connectivity index is 2.17. The molecule has 0 aliphatic carbocycles. The number of aromatic nitrogens is 1. The molecular formula is C14H9ClN2O2. The Morgan fingerprint density at radius 3 is 2.63 bits per heavy atom. The molecule has 0 atom stereocenters. The van der Waals surface area contributed by atoms with Gasteiger partial charge in [0.1, 0.15) is 5.69 Å². The maximum atomic E-state index is 12.3. The van der Waals surface area contributed by atoms with Crippen LogP contribution in [0.25, 0.3) is 0 Å². The fourth-order valence-electron chi connectivity index (χ4n) is 2.12. The van der Waals surface area contributed by atoms with Crippen molar-refractivity contribution in [2.75, 3.05) is 4.90 Å². The van der Waals surface area contributed by atoms with Gasteiger partial charge in [-0.25, -0.2) is 4.90 Å². The van der Waals surface area contributed by atoms with Gasteiger partial charge < -0.3 is 0 Å². The Morgan fingerprint density at radius 1 is 1.11 bits per heavy atom. The third-order valence-electron chi connectivity index (χ3n) is 3.13. The number of carbonyl (C=O) groups excluding carboxylic acids is 2. The summed E-state index contributed by atoms with van der Waals surface area (Å²) in [4.78, 5) is 29.7. The van der Waals surface area contributed by atoms with Crippen molar-refractivity contribution in [2.45, 2.75) is 6.92 Å². The smallest absolute Gasteiger partial charge is 0.268 e. The lowest BCUT2D eigenvalue weighted by Gasteiger charge is -2.16. The Morgan fingerprint density at radius 2 is 1.89 bits per heavy atom. The van der Waals surface area contributed by atoms with E-state index in [9.17, 15) is 9.59 Å². The summed E-state index contributed by atoms with van der Waals surface area (Å²) in [5.74, 6) is -0.774. The highest BCUT2D eigenvalue weighted by atomic mass is 35.5. The van der Waals surface area contributed by atoms with Crippen molar-refractivity contribution in [1.82, 2.24) is 4.98 Å². The molecule has 1 aromatic heterocycles. The minimum Gasteiger partial charge on any atom is -0.268 e.